The van der Waals surface area contributed by atoms with Gasteiger partial charge >= 0.3 is 0 Å². The van der Waals surface area contributed by atoms with Crippen LogP contribution in [0, 0.1) is 5.82 Å². The van der Waals surface area contributed by atoms with Crippen molar-refractivity contribution in [2.24, 2.45) is 5.73 Å². The Bertz CT molecular complexity index is 1360. The summed E-state index contributed by atoms with van der Waals surface area (Å²) in [6.45, 7) is 5.98. The van der Waals surface area contributed by atoms with Gasteiger partial charge in [0, 0.05) is 63.2 Å². The second kappa shape index (κ2) is 11.6. The van der Waals surface area contributed by atoms with Crippen molar-refractivity contribution in [2.75, 3.05) is 61.8 Å². The molecule has 12 nitrogen and oxygen atoms in total. The van der Waals surface area contributed by atoms with E-state index in [4.69, 9.17) is 5.73 Å². The molecule has 2 saturated heterocycles. The van der Waals surface area contributed by atoms with Gasteiger partial charge in [0.15, 0.2) is 17.3 Å². The zero-order valence-electron chi connectivity index (χ0n) is 23.2. The Labute approximate surface area is 238 Å². The molecular formula is C28H37FN10O2. The molecule has 1 aliphatic carbocycles. The van der Waals surface area contributed by atoms with E-state index in [1.54, 1.807) is 24.4 Å². The number of carbonyl (C=O) groups is 1. The van der Waals surface area contributed by atoms with Crippen molar-refractivity contribution < 1.29 is 14.3 Å². The quantitative estimate of drug-likeness (QED) is 0.275. The fraction of sp³-hybridized carbons (Fsp3) is 0.500. The Balaban J connectivity index is 1.19. The number of likely N-dealkylation sites (N-methyl/N-ethyl adjacent to an activating group) is 1. The summed E-state index contributed by atoms with van der Waals surface area (Å²) in [5.41, 5.74) is 7.41. The van der Waals surface area contributed by atoms with Gasteiger partial charge in [-0.3, -0.25) is 14.8 Å². The summed E-state index contributed by atoms with van der Waals surface area (Å²) < 4.78 is 15.4. The van der Waals surface area contributed by atoms with E-state index in [9.17, 15) is 9.90 Å². The second-order valence-electron chi connectivity index (χ2n) is 11.3. The number of nitrogens with zero attached hydrogens (tertiary/aromatic N) is 6. The molecule has 6 rings (SSSR count). The normalized spacial score (nSPS) is 22.4. The Hall–Kier alpha value is -3.81. The number of aliphatic hydroxyl groups is 1. The third-order valence-corrected chi connectivity index (χ3v) is 8.40. The molecule has 41 heavy (non-hydrogen) atoms. The Morgan fingerprint density at radius 1 is 1.07 bits per heavy atom. The third kappa shape index (κ3) is 5.97. The number of halogens is 1. The van der Waals surface area contributed by atoms with E-state index in [1.165, 1.54) is 6.07 Å². The summed E-state index contributed by atoms with van der Waals surface area (Å²) in [4.78, 5) is 28.5. The van der Waals surface area contributed by atoms with Gasteiger partial charge in [0.25, 0.3) is 5.91 Å². The highest BCUT2D eigenvalue weighted by Gasteiger charge is 2.30. The maximum Gasteiger partial charge on any atom is 0.271 e. The predicted octanol–water partition coefficient (Wildman–Crippen LogP) is 2.00. The van der Waals surface area contributed by atoms with Crippen molar-refractivity contribution >= 4 is 28.9 Å². The molecular weight excluding hydrogens is 527 g/mol. The lowest BCUT2D eigenvalue weighted by Crippen LogP contribution is -2.52. The molecule has 1 amide bonds. The van der Waals surface area contributed by atoms with Gasteiger partial charge in [-0.25, -0.2) is 14.4 Å². The maximum absolute atomic E-state index is 15.4. The fourth-order valence-corrected chi connectivity index (χ4v) is 5.90. The van der Waals surface area contributed by atoms with Crippen LogP contribution < -0.4 is 21.3 Å². The smallest absolute Gasteiger partial charge is 0.271 e. The molecule has 2 aromatic heterocycles. The first-order valence-electron chi connectivity index (χ1n) is 14.2. The van der Waals surface area contributed by atoms with Crippen LogP contribution in [0.4, 0.5) is 27.4 Å². The van der Waals surface area contributed by atoms with Crippen molar-refractivity contribution in [1.29, 1.82) is 0 Å². The molecule has 0 spiro atoms. The predicted molar refractivity (Wildman–Crippen MR) is 155 cm³/mol. The van der Waals surface area contributed by atoms with E-state index in [-0.39, 0.29) is 29.5 Å². The van der Waals surface area contributed by atoms with Gasteiger partial charge in [-0.05, 0) is 57.0 Å². The maximum atomic E-state index is 15.4. The highest BCUT2D eigenvalue weighted by molar-refractivity contribution is 5.97. The zero-order valence-corrected chi connectivity index (χ0v) is 23.2. The number of piperidine rings is 1. The number of aromatic amines is 1. The van der Waals surface area contributed by atoms with Crippen molar-refractivity contribution in [3.63, 3.8) is 0 Å². The standard InChI is InChI=1S/C28H37FN10O2/c1-37-10-12-38(13-11-37)19-5-8-39(9-6-19)23-3-2-17(16-21(23)29)32-28-25(26(30)41)34-24(22-4-7-31-36-22)27(35-28)33-18-14-20(40)15-18/h2-4,7,16,18-20,40H,5-6,8-15H2,1H3,(H2,30,41)(H,31,36)(H2,32,33,35)/t18-,20-. The van der Waals surface area contributed by atoms with E-state index in [1.807, 2.05) is 0 Å². The van der Waals surface area contributed by atoms with E-state index >= 15 is 4.39 Å². The van der Waals surface area contributed by atoms with Crippen molar-refractivity contribution in [1.82, 2.24) is 30.0 Å². The molecule has 3 fully saturated rings. The van der Waals surface area contributed by atoms with Gasteiger partial charge in [0.05, 0.1) is 11.8 Å². The first kappa shape index (κ1) is 27.4. The van der Waals surface area contributed by atoms with Crippen molar-refractivity contribution in [3.8, 4) is 11.4 Å². The molecule has 0 unspecified atom stereocenters. The number of amides is 1. The number of aliphatic hydroxyl groups excluding tert-OH is 1. The zero-order chi connectivity index (χ0) is 28.5. The molecule has 2 aliphatic heterocycles. The van der Waals surface area contributed by atoms with Crippen LogP contribution in [0.2, 0.25) is 0 Å². The minimum absolute atomic E-state index is 0.00129. The van der Waals surface area contributed by atoms with Gasteiger partial charge in [0.2, 0.25) is 0 Å². The molecule has 0 radical (unpaired) electrons. The van der Waals surface area contributed by atoms with Crippen LogP contribution in [0.1, 0.15) is 36.2 Å². The van der Waals surface area contributed by atoms with Crippen LogP contribution >= 0.6 is 0 Å². The lowest BCUT2D eigenvalue weighted by atomic mass is 9.89. The van der Waals surface area contributed by atoms with Crippen molar-refractivity contribution in [3.05, 3.63) is 42.0 Å². The largest absolute Gasteiger partial charge is 0.393 e. The SMILES string of the molecule is CN1CCN(C2CCN(c3ccc(Nc4nc(N[C@H]5C[C@H](O)C5)c(-c5cc[nH]n5)nc4C(N)=O)cc3F)CC2)CC1. The molecule has 0 bridgehead atoms. The number of H-pyrrole nitrogens is 1. The summed E-state index contributed by atoms with van der Waals surface area (Å²) in [5.74, 6) is -0.625. The summed E-state index contributed by atoms with van der Waals surface area (Å²) in [6, 6.07) is 7.20. The van der Waals surface area contributed by atoms with E-state index in [0.717, 1.165) is 52.1 Å². The number of piperazine rings is 1. The highest BCUT2D eigenvalue weighted by Crippen LogP contribution is 2.33. The average Bonchev–Trinajstić information content (AvgIpc) is 3.48. The molecule has 3 aromatic rings. The molecule has 218 valence electrons. The topological polar surface area (TPSA) is 152 Å². The molecule has 0 atom stereocenters. The lowest BCUT2D eigenvalue weighted by Gasteiger charge is -2.42. The van der Waals surface area contributed by atoms with Gasteiger partial charge < -0.3 is 31.3 Å². The van der Waals surface area contributed by atoms with Gasteiger partial charge in [0.1, 0.15) is 17.2 Å². The Kier molecular flexibility index (Phi) is 7.73. The number of nitrogens with one attached hydrogen (secondary N) is 3. The number of benzene rings is 1. The summed E-state index contributed by atoms with van der Waals surface area (Å²) in [7, 11) is 2.16. The van der Waals surface area contributed by atoms with Crippen LogP contribution in [-0.2, 0) is 0 Å². The van der Waals surface area contributed by atoms with Gasteiger partial charge in [-0.1, -0.05) is 0 Å². The number of aromatic nitrogens is 4. The number of nitrogens with two attached hydrogens (primary N) is 1. The van der Waals surface area contributed by atoms with E-state index in [0.29, 0.717) is 47.5 Å². The minimum atomic E-state index is -0.775. The van der Waals surface area contributed by atoms with E-state index < -0.39 is 5.91 Å². The molecule has 6 N–H and O–H groups in total. The average molecular weight is 565 g/mol. The minimum Gasteiger partial charge on any atom is -0.393 e. The van der Waals surface area contributed by atoms with Crippen molar-refractivity contribution in [2.45, 2.75) is 43.9 Å². The van der Waals surface area contributed by atoms with Crippen LogP contribution in [0.5, 0.6) is 0 Å². The van der Waals surface area contributed by atoms with Crippen LogP contribution in [-0.4, -0.2) is 105 Å². The number of anilines is 4. The number of carbonyl (C=O) groups excluding carboxylic acids is 1. The highest BCUT2D eigenvalue weighted by atomic mass is 19.1. The van der Waals surface area contributed by atoms with Gasteiger partial charge in [-0.15, -0.1) is 0 Å². The fourth-order valence-electron chi connectivity index (χ4n) is 5.90. The number of primary amides is 1. The van der Waals surface area contributed by atoms with E-state index in [2.05, 4.69) is 52.5 Å². The molecule has 4 heterocycles. The first-order valence-corrected chi connectivity index (χ1v) is 14.2. The van der Waals surface area contributed by atoms with Gasteiger partial charge in [-0.2, -0.15) is 5.10 Å². The third-order valence-electron chi connectivity index (χ3n) is 8.40. The summed E-state index contributed by atoms with van der Waals surface area (Å²) >= 11 is 0. The van der Waals surface area contributed by atoms with Crippen LogP contribution in [0.15, 0.2) is 30.5 Å². The number of hydrogen-bond acceptors (Lipinski definition) is 10. The first-order chi connectivity index (χ1) is 19.8. The number of hydrogen-bond donors (Lipinski definition) is 5. The van der Waals surface area contributed by atoms with Crippen LogP contribution in [0.3, 0.4) is 0 Å². The summed E-state index contributed by atoms with van der Waals surface area (Å²) in [5, 5.41) is 23.0. The number of rotatable bonds is 8. The molecule has 1 saturated carbocycles. The Morgan fingerprint density at radius 3 is 2.46 bits per heavy atom. The second-order valence-corrected chi connectivity index (χ2v) is 11.3. The molecule has 1 aromatic carbocycles. The molecule has 3 aliphatic rings. The van der Waals surface area contributed by atoms with Crippen LogP contribution in [0.25, 0.3) is 11.4 Å². The Morgan fingerprint density at radius 2 is 1.83 bits per heavy atom. The molecule has 13 heteroatoms. The summed E-state index contributed by atoms with van der Waals surface area (Å²) in [6.07, 6.45) is 4.44. The monoisotopic (exact) mass is 564 g/mol. The lowest BCUT2D eigenvalue weighted by molar-refractivity contribution is 0.0835.